The van der Waals surface area contributed by atoms with Crippen molar-refractivity contribution in [3.63, 3.8) is 0 Å². The Hall–Kier alpha value is -2.22. The smallest absolute Gasteiger partial charge is 0.325 e. The number of esters is 1. The van der Waals surface area contributed by atoms with Gasteiger partial charge in [0.15, 0.2) is 5.11 Å². The molecule has 7 nitrogen and oxygen atoms in total. The second-order valence-corrected chi connectivity index (χ2v) is 3.83. The average molecular weight is 283 g/mol. The lowest BCUT2D eigenvalue weighted by atomic mass is 10.3. The summed E-state index contributed by atoms with van der Waals surface area (Å²) in [6.45, 7) is 1.94. The zero-order valence-corrected chi connectivity index (χ0v) is 11.0. The molecule has 0 amide bonds. The van der Waals surface area contributed by atoms with E-state index in [-0.39, 0.29) is 17.3 Å². The average Bonchev–Trinajstić information content (AvgIpc) is 2.37. The van der Waals surface area contributed by atoms with Gasteiger partial charge in [0.05, 0.1) is 11.5 Å². The molecule has 1 aromatic carbocycles. The van der Waals surface area contributed by atoms with Crippen LogP contribution in [0.25, 0.3) is 0 Å². The highest BCUT2D eigenvalue weighted by atomic mass is 32.1. The van der Waals surface area contributed by atoms with Gasteiger partial charge < -0.3 is 15.4 Å². The van der Waals surface area contributed by atoms with E-state index in [9.17, 15) is 14.9 Å². The lowest BCUT2D eigenvalue weighted by Gasteiger charge is -2.09. The van der Waals surface area contributed by atoms with Crippen molar-refractivity contribution in [3.8, 4) is 0 Å². The number of thiocarbonyl (C=S) groups is 1. The number of rotatable bonds is 5. The number of anilines is 1. The monoisotopic (exact) mass is 283 g/mol. The van der Waals surface area contributed by atoms with Gasteiger partial charge in [-0.15, -0.1) is 0 Å². The van der Waals surface area contributed by atoms with Gasteiger partial charge in [0.2, 0.25) is 0 Å². The van der Waals surface area contributed by atoms with E-state index in [4.69, 9.17) is 17.0 Å². The second-order valence-electron chi connectivity index (χ2n) is 3.42. The van der Waals surface area contributed by atoms with Crippen LogP contribution in [0.4, 0.5) is 11.4 Å². The van der Waals surface area contributed by atoms with E-state index in [0.717, 1.165) is 0 Å². The number of benzene rings is 1. The third kappa shape index (κ3) is 5.30. The Morgan fingerprint density at radius 2 is 2.26 bits per heavy atom. The van der Waals surface area contributed by atoms with Gasteiger partial charge in [0.25, 0.3) is 5.69 Å². The molecular weight excluding hydrogens is 270 g/mol. The number of nitro benzene ring substituents is 1. The number of hydrogen-bond donors (Lipinski definition) is 2. The standard InChI is InChI=1S/C11H13N3O4S/c1-2-18-10(15)7-12-11(19)13-8-4-3-5-9(6-8)14(16)17/h3-6H,2,7H2,1H3,(H2,12,13,19). The first-order chi connectivity index (χ1) is 9.02. The maximum absolute atomic E-state index is 11.1. The fourth-order valence-corrected chi connectivity index (χ4v) is 1.43. The van der Waals surface area contributed by atoms with Crippen LogP contribution in [0.15, 0.2) is 24.3 Å². The van der Waals surface area contributed by atoms with Gasteiger partial charge in [-0.25, -0.2) is 0 Å². The molecule has 0 saturated carbocycles. The zero-order chi connectivity index (χ0) is 14.3. The molecule has 0 aliphatic carbocycles. The minimum absolute atomic E-state index is 0.0433. The molecule has 1 aromatic rings. The quantitative estimate of drug-likeness (QED) is 0.365. The number of carbonyl (C=O) groups excluding carboxylic acids is 1. The molecule has 0 fully saturated rings. The first kappa shape index (κ1) is 14.8. The Balaban J connectivity index is 2.50. The van der Waals surface area contributed by atoms with Crippen molar-refractivity contribution >= 4 is 34.7 Å². The fourth-order valence-electron chi connectivity index (χ4n) is 1.24. The molecule has 0 saturated heterocycles. The van der Waals surface area contributed by atoms with Crippen molar-refractivity contribution in [2.24, 2.45) is 0 Å². The molecule has 0 aromatic heterocycles. The van der Waals surface area contributed by atoms with Crippen molar-refractivity contribution < 1.29 is 14.5 Å². The predicted octanol–water partition coefficient (Wildman–Crippen LogP) is 1.44. The Bertz CT molecular complexity index is 493. The third-order valence-corrected chi connectivity index (χ3v) is 2.26. The van der Waals surface area contributed by atoms with Gasteiger partial charge in [-0.2, -0.15) is 0 Å². The molecule has 0 heterocycles. The molecule has 19 heavy (non-hydrogen) atoms. The van der Waals surface area contributed by atoms with Crippen LogP contribution >= 0.6 is 12.2 Å². The molecule has 0 aliphatic heterocycles. The van der Waals surface area contributed by atoms with Crippen LogP contribution < -0.4 is 10.6 Å². The summed E-state index contributed by atoms with van der Waals surface area (Å²) in [5.74, 6) is -0.425. The Labute approximate surface area is 115 Å². The summed E-state index contributed by atoms with van der Waals surface area (Å²) in [5.41, 5.74) is 0.425. The highest BCUT2D eigenvalue weighted by molar-refractivity contribution is 7.80. The lowest BCUT2D eigenvalue weighted by molar-refractivity contribution is -0.384. The summed E-state index contributed by atoms with van der Waals surface area (Å²) < 4.78 is 4.71. The molecule has 0 atom stereocenters. The Morgan fingerprint density at radius 3 is 2.89 bits per heavy atom. The number of hydrogen-bond acceptors (Lipinski definition) is 5. The summed E-state index contributed by atoms with van der Waals surface area (Å²) in [7, 11) is 0. The van der Waals surface area contributed by atoms with E-state index in [0.29, 0.717) is 12.3 Å². The predicted molar refractivity (Wildman–Crippen MR) is 74.0 cm³/mol. The molecule has 0 bridgehead atoms. The lowest BCUT2D eigenvalue weighted by Crippen LogP contribution is -2.33. The maximum Gasteiger partial charge on any atom is 0.325 e. The summed E-state index contributed by atoms with van der Waals surface area (Å²) >= 11 is 4.95. The minimum Gasteiger partial charge on any atom is -0.465 e. The van der Waals surface area contributed by atoms with Gasteiger partial charge in [0, 0.05) is 17.8 Å². The SMILES string of the molecule is CCOC(=O)CNC(=S)Nc1cccc([N+](=O)[O-])c1. The van der Waals surface area contributed by atoms with E-state index in [1.807, 2.05) is 0 Å². The first-order valence-electron chi connectivity index (χ1n) is 5.48. The summed E-state index contributed by atoms with van der Waals surface area (Å²) in [6.07, 6.45) is 0. The number of non-ortho nitro benzene ring substituents is 1. The number of nitrogens with one attached hydrogen (secondary N) is 2. The third-order valence-electron chi connectivity index (χ3n) is 2.01. The van der Waals surface area contributed by atoms with Crippen LogP contribution in [-0.4, -0.2) is 29.2 Å². The van der Waals surface area contributed by atoms with Crippen molar-refractivity contribution in [1.82, 2.24) is 5.32 Å². The van der Waals surface area contributed by atoms with E-state index >= 15 is 0 Å². The van der Waals surface area contributed by atoms with E-state index in [1.54, 1.807) is 13.0 Å². The highest BCUT2D eigenvalue weighted by Crippen LogP contribution is 2.16. The first-order valence-corrected chi connectivity index (χ1v) is 5.88. The van der Waals surface area contributed by atoms with E-state index < -0.39 is 10.9 Å². The van der Waals surface area contributed by atoms with Crippen molar-refractivity contribution in [2.75, 3.05) is 18.5 Å². The number of ether oxygens (including phenoxy) is 1. The van der Waals surface area contributed by atoms with Crippen LogP contribution in [0, 0.1) is 10.1 Å². The molecule has 102 valence electrons. The van der Waals surface area contributed by atoms with Crippen LogP contribution in [0.5, 0.6) is 0 Å². The van der Waals surface area contributed by atoms with Crippen molar-refractivity contribution in [1.29, 1.82) is 0 Å². The molecule has 0 unspecified atom stereocenters. The highest BCUT2D eigenvalue weighted by Gasteiger charge is 2.07. The van der Waals surface area contributed by atoms with Gasteiger partial charge in [-0.3, -0.25) is 14.9 Å². The Kier molecular flexibility index (Phi) is 5.68. The van der Waals surface area contributed by atoms with Crippen LogP contribution in [0.3, 0.4) is 0 Å². The normalized spacial score (nSPS) is 9.53. The molecule has 8 heteroatoms. The van der Waals surface area contributed by atoms with E-state index in [2.05, 4.69) is 10.6 Å². The molecule has 0 radical (unpaired) electrons. The van der Waals surface area contributed by atoms with Crippen LogP contribution in [-0.2, 0) is 9.53 Å². The topological polar surface area (TPSA) is 93.5 Å². The summed E-state index contributed by atoms with van der Waals surface area (Å²) in [5, 5.41) is 16.2. The van der Waals surface area contributed by atoms with Crippen LogP contribution in [0.1, 0.15) is 6.92 Å². The molecule has 0 aliphatic rings. The maximum atomic E-state index is 11.1. The van der Waals surface area contributed by atoms with Gasteiger partial charge in [-0.05, 0) is 25.2 Å². The minimum atomic E-state index is -0.500. The molecule has 0 spiro atoms. The molecule has 1 rings (SSSR count). The number of nitro groups is 1. The van der Waals surface area contributed by atoms with Crippen LogP contribution in [0.2, 0.25) is 0 Å². The van der Waals surface area contributed by atoms with Gasteiger partial charge >= 0.3 is 5.97 Å². The number of carbonyl (C=O) groups is 1. The fraction of sp³-hybridized carbons (Fsp3) is 0.273. The van der Waals surface area contributed by atoms with Crippen molar-refractivity contribution in [3.05, 3.63) is 34.4 Å². The van der Waals surface area contributed by atoms with Gasteiger partial charge in [-0.1, -0.05) is 6.07 Å². The number of nitrogens with zero attached hydrogens (tertiary/aromatic N) is 1. The summed E-state index contributed by atoms with van der Waals surface area (Å²) in [4.78, 5) is 21.2. The Morgan fingerprint density at radius 1 is 1.53 bits per heavy atom. The zero-order valence-electron chi connectivity index (χ0n) is 10.2. The molecular formula is C11H13N3O4S. The van der Waals surface area contributed by atoms with Crippen molar-refractivity contribution in [2.45, 2.75) is 6.92 Å². The largest absolute Gasteiger partial charge is 0.465 e. The van der Waals surface area contributed by atoms with E-state index in [1.165, 1.54) is 18.2 Å². The summed E-state index contributed by atoms with van der Waals surface area (Å²) in [6, 6.07) is 5.89. The second kappa shape index (κ2) is 7.27. The van der Waals surface area contributed by atoms with Gasteiger partial charge in [0.1, 0.15) is 6.54 Å². The molecule has 2 N–H and O–H groups in total.